The van der Waals surface area contributed by atoms with Crippen molar-refractivity contribution in [3.63, 3.8) is 0 Å². The van der Waals surface area contributed by atoms with Crippen molar-refractivity contribution in [2.75, 3.05) is 7.11 Å². The zero-order valence-electron chi connectivity index (χ0n) is 14.3. The molecule has 0 unspecified atom stereocenters. The van der Waals surface area contributed by atoms with E-state index in [4.69, 9.17) is 20.8 Å². The van der Waals surface area contributed by atoms with Gasteiger partial charge in [-0.25, -0.2) is 9.99 Å². The van der Waals surface area contributed by atoms with Crippen LogP contribution in [0.25, 0.3) is 10.9 Å². The zero-order chi connectivity index (χ0) is 18.3. The van der Waals surface area contributed by atoms with Crippen LogP contribution in [0.1, 0.15) is 30.7 Å². The number of carbonyl (C=O) groups excluding carboxylic acids is 1. The highest BCUT2D eigenvalue weighted by molar-refractivity contribution is 6.30. The SMILES string of the molecule is COc1cccc2cc([C@H]3CC(c4ccco4)=NN3C(C)=O)c(Cl)nc12. The third-order valence-electron chi connectivity index (χ3n) is 4.41. The van der Waals surface area contributed by atoms with Gasteiger partial charge in [0.2, 0.25) is 5.91 Å². The minimum Gasteiger partial charge on any atom is -0.494 e. The second kappa shape index (κ2) is 6.46. The van der Waals surface area contributed by atoms with E-state index in [2.05, 4.69) is 10.1 Å². The van der Waals surface area contributed by atoms with Gasteiger partial charge >= 0.3 is 0 Å². The molecule has 0 fully saturated rings. The van der Waals surface area contributed by atoms with Crippen LogP contribution in [0.3, 0.4) is 0 Å². The van der Waals surface area contributed by atoms with Crippen molar-refractivity contribution in [1.29, 1.82) is 0 Å². The van der Waals surface area contributed by atoms with E-state index in [9.17, 15) is 4.79 Å². The lowest BCUT2D eigenvalue weighted by Gasteiger charge is -2.21. The summed E-state index contributed by atoms with van der Waals surface area (Å²) in [5.74, 6) is 1.13. The number of ether oxygens (including phenoxy) is 1. The average molecular weight is 370 g/mol. The third kappa shape index (κ3) is 2.72. The number of rotatable bonds is 3. The van der Waals surface area contributed by atoms with Crippen LogP contribution in [0, 0.1) is 0 Å². The number of hydrogen-bond donors (Lipinski definition) is 0. The van der Waals surface area contributed by atoms with Crippen LogP contribution in [0.5, 0.6) is 5.75 Å². The molecule has 1 amide bonds. The summed E-state index contributed by atoms with van der Waals surface area (Å²) in [6.07, 6.45) is 2.09. The fraction of sp³-hybridized carbons (Fsp3) is 0.211. The highest BCUT2D eigenvalue weighted by Crippen LogP contribution is 2.38. The summed E-state index contributed by atoms with van der Waals surface area (Å²) >= 11 is 6.48. The number of benzene rings is 1. The molecule has 0 spiro atoms. The maximum absolute atomic E-state index is 12.1. The summed E-state index contributed by atoms with van der Waals surface area (Å²) in [5, 5.41) is 7.09. The lowest BCUT2D eigenvalue weighted by molar-refractivity contribution is -0.130. The molecule has 1 aliphatic heterocycles. The van der Waals surface area contributed by atoms with Gasteiger partial charge in [-0.3, -0.25) is 4.79 Å². The Morgan fingerprint density at radius 1 is 1.35 bits per heavy atom. The third-order valence-corrected chi connectivity index (χ3v) is 4.71. The van der Waals surface area contributed by atoms with Gasteiger partial charge < -0.3 is 9.15 Å². The van der Waals surface area contributed by atoms with Crippen molar-refractivity contribution in [3.8, 4) is 5.75 Å². The first-order chi connectivity index (χ1) is 12.6. The molecule has 0 saturated carbocycles. The topological polar surface area (TPSA) is 67.9 Å². The number of para-hydroxylation sites is 1. The molecule has 1 aromatic carbocycles. The fourth-order valence-electron chi connectivity index (χ4n) is 3.20. The van der Waals surface area contributed by atoms with E-state index in [0.29, 0.717) is 34.3 Å². The predicted octanol–water partition coefficient (Wildman–Crippen LogP) is 4.19. The summed E-state index contributed by atoms with van der Waals surface area (Å²) in [6, 6.07) is 10.9. The lowest BCUT2D eigenvalue weighted by atomic mass is 10.0. The quantitative estimate of drug-likeness (QED) is 0.649. The predicted molar refractivity (Wildman–Crippen MR) is 98.4 cm³/mol. The van der Waals surface area contributed by atoms with E-state index in [1.165, 1.54) is 11.9 Å². The second-order valence-corrected chi connectivity index (χ2v) is 6.37. The number of furan rings is 1. The van der Waals surface area contributed by atoms with E-state index in [1.54, 1.807) is 19.4 Å². The Kier molecular flexibility index (Phi) is 4.12. The van der Waals surface area contributed by atoms with Crippen molar-refractivity contribution in [2.24, 2.45) is 5.10 Å². The summed E-state index contributed by atoms with van der Waals surface area (Å²) in [5.41, 5.74) is 2.13. The van der Waals surface area contributed by atoms with Gasteiger partial charge in [0.15, 0.2) is 0 Å². The second-order valence-electron chi connectivity index (χ2n) is 6.01. The monoisotopic (exact) mass is 369 g/mol. The van der Waals surface area contributed by atoms with Crippen LogP contribution < -0.4 is 4.74 Å². The van der Waals surface area contributed by atoms with Crippen LogP contribution >= 0.6 is 11.6 Å². The Labute approximate surface area is 155 Å². The molecule has 7 heteroatoms. The van der Waals surface area contributed by atoms with Crippen molar-refractivity contribution in [3.05, 3.63) is 59.1 Å². The van der Waals surface area contributed by atoms with Crippen LogP contribution in [0.15, 0.2) is 52.2 Å². The first-order valence-corrected chi connectivity index (χ1v) is 8.50. The van der Waals surface area contributed by atoms with Gasteiger partial charge in [-0.1, -0.05) is 23.7 Å². The molecule has 1 atom stereocenters. The maximum Gasteiger partial charge on any atom is 0.240 e. The Morgan fingerprint density at radius 2 is 2.19 bits per heavy atom. The highest BCUT2D eigenvalue weighted by Gasteiger charge is 2.34. The normalized spacial score (nSPS) is 16.8. The number of carbonyl (C=O) groups is 1. The number of hydrazone groups is 1. The van der Waals surface area contributed by atoms with Gasteiger partial charge in [-0.15, -0.1) is 0 Å². The van der Waals surface area contributed by atoms with Crippen molar-refractivity contribution in [2.45, 2.75) is 19.4 Å². The van der Waals surface area contributed by atoms with E-state index < -0.39 is 0 Å². The molecule has 0 bridgehead atoms. The molecule has 2 aromatic heterocycles. The highest BCUT2D eigenvalue weighted by atomic mass is 35.5. The van der Waals surface area contributed by atoms with Crippen LogP contribution in [0.4, 0.5) is 0 Å². The number of halogens is 1. The Bertz CT molecular complexity index is 1010. The summed E-state index contributed by atoms with van der Waals surface area (Å²) in [7, 11) is 1.59. The van der Waals surface area contributed by atoms with Crippen molar-refractivity contribution < 1.29 is 13.9 Å². The largest absolute Gasteiger partial charge is 0.494 e. The van der Waals surface area contributed by atoms with Gasteiger partial charge in [0, 0.05) is 24.3 Å². The lowest BCUT2D eigenvalue weighted by Crippen LogP contribution is -2.24. The molecule has 4 rings (SSSR count). The van der Waals surface area contributed by atoms with Crippen LogP contribution in [-0.2, 0) is 4.79 Å². The first kappa shape index (κ1) is 16.6. The fourth-order valence-corrected chi connectivity index (χ4v) is 3.46. The van der Waals surface area contributed by atoms with E-state index >= 15 is 0 Å². The molecule has 0 radical (unpaired) electrons. The van der Waals surface area contributed by atoms with Crippen LogP contribution in [-0.4, -0.2) is 28.7 Å². The molecule has 1 aliphatic rings. The van der Waals surface area contributed by atoms with Gasteiger partial charge in [0.05, 0.1) is 19.4 Å². The first-order valence-electron chi connectivity index (χ1n) is 8.13. The number of methoxy groups -OCH3 is 1. The molecule has 6 nitrogen and oxygen atoms in total. The maximum atomic E-state index is 12.1. The molecule has 0 aliphatic carbocycles. The zero-order valence-corrected chi connectivity index (χ0v) is 15.0. The minimum atomic E-state index is -0.330. The van der Waals surface area contributed by atoms with E-state index in [1.807, 2.05) is 30.3 Å². The molecule has 3 heterocycles. The average Bonchev–Trinajstić information content (AvgIpc) is 3.30. The number of amides is 1. The van der Waals surface area contributed by atoms with E-state index in [-0.39, 0.29) is 11.9 Å². The number of hydrogen-bond acceptors (Lipinski definition) is 5. The smallest absolute Gasteiger partial charge is 0.240 e. The minimum absolute atomic E-state index is 0.168. The van der Waals surface area contributed by atoms with Crippen molar-refractivity contribution >= 4 is 34.1 Å². The molecular weight excluding hydrogens is 354 g/mol. The standard InChI is InChI=1S/C19H16ClN3O3/c1-11(24)23-15(10-14(22-23)16-7-4-8-26-16)13-9-12-5-3-6-17(25-2)18(12)21-19(13)20/h3-9,15H,10H2,1-2H3/t15-/m1/s1. The summed E-state index contributed by atoms with van der Waals surface area (Å²) in [4.78, 5) is 16.6. The van der Waals surface area contributed by atoms with Gasteiger partial charge in [-0.2, -0.15) is 5.10 Å². The van der Waals surface area contributed by atoms with Gasteiger partial charge in [0.1, 0.15) is 27.9 Å². The molecule has 3 aromatic rings. The van der Waals surface area contributed by atoms with Crippen LogP contribution in [0.2, 0.25) is 5.15 Å². The van der Waals surface area contributed by atoms with Gasteiger partial charge in [-0.05, 0) is 24.3 Å². The number of aromatic nitrogens is 1. The summed E-state index contributed by atoms with van der Waals surface area (Å²) in [6.45, 7) is 1.48. The number of pyridine rings is 1. The molecule has 0 saturated heterocycles. The number of fused-ring (bicyclic) bond motifs is 1. The van der Waals surface area contributed by atoms with Crippen molar-refractivity contribution in [1.82, 2.24) is 9.99 Å². The Balaban J connectivity index is 1.79. The van der Waals surface area contributed by atoms with Gasteiger partial charge in [0.25, 0.3) is 0 Å². The summed E-state index contributed by atoms with van der Waals surface area (Å²) < 4.78 is 10.8. The van der Waals surface area contributed by atoms with E-state index in [0.717, 1.165) is 10.9 Å². The molecule has 0 N–H and O–H groups in total. The molecule has 26 heavy (non-hydrogen) atoms. The Morgan fingerprint density at radius 3 is 2.88 bits per heavy atom. The Hall–Kier alpha value is -2.86. The molecule has 132 valence electrons. The molecular formula is C19H16ClN3O3. The number of nitrogens with zero attached hydrogens (tertiary/aromatic N) is 3.